The summed E-state index contributed by atoms with van der Waals surface area (Å²) in [6.07, 6.45) is 8.64. The number of benzene rings is 2. The lowest BCUT2D eigenvalue weighted by Gasteiger charge is -2.09. The van der Waals surface area contributed by atoms with E-state index in [9.17, 15) is 9.36 Å². The zero-order valence-electron chi connectivity index (χ0n) is 18.7. The van der Waals surface area contributed by atoms with Gasteiger partial charge in [0.05, 0.1) is 14.2 Å². The molecule has 0 aliphatic rings. The van der Waals surface area contributed by atoms with E-state index in [1.54, 1.807) is 18.2 Å². The molecule has 0 radical (unpaired) electrons. The van der Waals surface area contributed by atoms with Gasteiger partial charge in [-0.2, -0.15) is 0 Å². The van der Waals surface area contributed by atoms with Crippen LogP contribution in [0.5, 0.6) is 11.5 Å². The molecule has 1 unspecified atom stereocenters. The zero-order chi connectivity index (χ0) is 21.9. The topological polar surface area (TPSA) is 52.6 Å². The first-order valence-corrected chi connectivity index (χ1v) is 12.2. The van der Waals surface area contributed by atoms with Crippen molar-refractivity contribution in [2.75, 3.05) is 14.2 Å². The first-order valence-electron chi connectivity index (χ1n) is 10.9. The van der Waals surface area contributed by atoms with E-state index in [0.29, 0.717) is 16.8 Å². The van der Waals surface area contributed by atoms with Crippen LogP contribution >= 0.6 is 7.80 Å². The Hall–Kier alpha value is -2.19. The number of hydrogen-bond acceptors (Lipinski definition) is 4. The minimum absolute atomic E-state index is 0.246. The Morgan fingerprint density at radius 1 is 0.867 bits per heavy atom. The fraction of sp³-hybridized carbons (Fsp3) is 0.480. The van der Waals surface area contributed by atoms with Gasteiger partial charge in [-0.1, -0.05) is 62.3 Å². The fourth-order valence-electron chi connectivity index (χ4n) is 3.61. The normalized spacial score (nSPS) is 11.3. The van der Waals surface area contributed by atoms with Crippen molar-refractivity contribution in [3.8, 4) is 11.5 Å². The molecule has 2 aromatic rings. The van der Waals surface area contributed by atoms with Gasteiger partial charge in [0, 0.05) is 5.56 Å². The van der Waals surface area contributed by atoms with Crippen molar-refractivity contribution < 1.29 is 18.8 Å². The lowest BCUT2D eigenvalue weighted by molar-refractivity contribution is 0.107. The summed E-state index contributed by atoms with van der Waals surface area (Å²) < 4.78 is 24.1. The van der Waals surface area contributed by atoms with Crippen LogP contribution in [0.4, 0.5) is 0 Å². The van der Waals surface area contributed by atoms with E-state index in [1.165, 1.54) is 32.6 Å². The third kappa shape index (κ3) is 6.15. The third-order valence-electron chi connectivity index (χ3n) is 5.31. The van der Waals surface area contributed by atoms with Crippen molar-refractivity contribution in [3.63, 3.8) is 0 Å². The Morgan fingerprint density at radius 2 is 1.47 bits per heavy atom. The summed E-state index contributed by atoms with van der Waals surface area (Å²) in [6.45, 7) is 4.36. The number of unbranched alkanes of at least 4 members (excludes halogenated alkanes) is 4. The van der Waals surface area contributed by atoms with E-state index in [0.717, 1.165) is 44.1 Å². The van der Waals surface area contributed by atoms with Gasteiger partial charge in [-0.15, -0.1) is 0 Å². The summed E-state index contributed by atoms with van der Waals surface area (Å²) in [5.74, 6) is 0.762. The van der Waals surface area contributed by atoms with Crippen molar-refractivity contribution in [2.24, 2.45) is 0 Å². The average Bonchev–Trinajstić information content (AvgIpc) is 2.78. The van der Waals surface area contributed by atoms with Gasteiger partial charge < -0.3 is 9.47 Å². The van der Waals surface area contributed by atoms with Gasteiger partial charge in [0.15, 0.2) is 5.56 Å². The van der Waals surface area contributed by atoms with E-state index in [-0.39, 0.29) is 5.56 Å². The molecule has 2 rings (SSSR count). The maximum absolute atomic E-state index is 13.4. The zero-order valence-corrected chi connectivity index (χ0v) is 19.6. The molecule has 0 fully saturated rings. The first kappa shape index (κ1) is 24.1. The van der Waals surface area contributed by atoms with E-state index in [1.807, 2.05) is 12.1 Å². The molecular weight excluding hydrogens is 395 g/mol. The Kier molecular flexibility index (Phi) is 10.0. The first-order chi connectivity index (χ1) is 14.6. The summed E-state index contributed by atoms with van der Waals surface area (Å²) in [6, 6.07) is 11.2. The van der Waals surface area contributed by atoms with Gasteiger partial charge in [-0.25, -0.2) is 4.79 Å². The smallest absolute Gasteiger partial charge is 0.459 e. The number of ether oxygens (including phenoxy) is 2. The highest BCUT2D eigenvalue weighted by atomic mass is 31.1. The molecule has 0 aliphatic heterocycles. The fourth-order valence-corrected chi connectivity index (χ4v) is 4.90. The maximum Gasteiger partial charge on any atom is 0.459 e. The number of rotatable bonds is 13. The molecule has 30 heavy (non-hydrogen) atoms. The molecular formula is C25H34O4P+. The maximum atomic E-state index is 13.4. The Labute approximate surface area is 181 Å². The Balaban J connectivity index is 2.38. The summed E-state index contributed by atoms with van der Waals surface area (Å²) in [5.41, 5.74) is 2.08. The molecule has 0 bridgehead atoms. The molecule has 4 nitrogen and oxygen atoms in total. The summed E-state index contributed by atoms with van der Waals surface area (Å²) >= 11 is 0. The molecule has 2 aromatic carbocycles. The van der Waals surface area contributed by atoms with Gasteiger partial charge in [0.25, 0.3) is 0 Å². The molecule has 1 atom stereocenters. The number of hydrogen-bond donors (Lipinski definition) is 0. The van der Waals surface area contributed by atoms with Crippen molar-refractivity contribution in [2.45, 2.75) is 65.2 Å². The predicted molar refractivity (Wildman–Crippen MR) is 124 cm³/mol. The molecule has 0 saturated carbocycles. The third-order valence-corrected chi connectivity index (χ3v) is 6.77. The highest BCUT2D eigenvalue weighted by Crippen LogP contribution is 2.37. The molecule has 162 valence electrons. The SMILES string of the molecule is CCCCCc1ccc([P+](=O)C(=O)c2c(OC)cccc2OC)c(CCCCC)c1. The van der Waals surface area contributed by atoms with Gasteiger partial charge in [-0.3, -0.25) is 0 Å². The largest absolute Gasteiger partial charge is 0.496 e. The quantitative estimate of drug-likeness (QED) is 0.271. The van der Waals surface area contributed by atoms with Crippen LogP contribution in [-0.4, -0.2) is 19.7 Å². The van der Waals surface area contributed by atoms with Crippen molar-refractivity contribution in [1.29, 1.82) is 0 Å². The van der Waals surface area contributed by atoms with Crippen LogP contribution in [0.15, 0.2) is 36.4 Å². The van der Waals surface area contributed by atoms with Crippen molar-refractivity contribution >= 4 is 18.6 Å². The number of carbonyl (C=O) groups excluding carboxylic acids is 1. The lowest BCUT2D eigenvalue weighted by Crippen LogP contribution is -2.12. The molecule has 0 aliphatic carbocycles. The average molecular weight is 430 g/mol. The van der Waals surface area contributed by atoms with Crippen molar-refractivity contribution in [1.82, 2.24) is 0 Å². The summed E-state index contributed by atoms with van der Waals surface area (Å²) in [7, 11) is 0.724. The predicted octanol–water partition coefficient (Wildman–Crippen LogP) is 6.46. The summed E-state index contributed by atoms with van der Waals surface area (Å²) in [5, 5.41) is 0.637. The Bertz CT molecular complexity index is 838. The van der Waals surface area contributed by atoms with Crippen LogP contribution < -0.4 is 14.8 Å². The second-order valence-electron chi connectivity index (χ2n) is 7.51. The van der Waals surface area contributed by atoms with Crippen LogP contribution in [0.25, 0.3) is 0 Å². The number of carbonyl (C=O) groups is 1. The van der Waals surface area contributed by atoms with Crippen LogP contribution in [0.2, 0.25) is 0 Å². The van der Waals surface area contributed by atoms with Gasteiger partial charge in [-0.05, 0) is 49.4 Å². The second kappa shape index (κ2) is 12.5. The van der Waals surface area contributed by atoms with E-state index >= 15 is 0 Å². The lowest BCUT2D eigenvalue weighted by atomic mass is 10.0. The summed E-state index contributed by atoms with van der Waals surface area (Å²) in [4.78, 5) is 13.2. The Morgan fingerprint density at radius 3 is 2.03 bits per heavy atom. The van der Waals surface area contributed by atoms with E-state index in [4.69, 9.17) is 9.47 Å². The van der Waals surface area contributed by atoms with Gasteiger partial charge in [0.1, 0.15) is 11.5 Å². The van der Waals surface area contributed by atoms with Crippen LogP contribution in [0.1, 0.15) is 73.9 Å². The molecule has 0 aromatic heterocycles. The highest BCUT2D eigenvalue weighted by Gasteiger charge is 2.39. The minimum atomic E-state index is -2.28. The molecule has 0 heterocycles. The number of aryl methyl sites for hydroxylation is 2. The van der Waals surface area contributed by atoms with Crippen LogP contribution in [0, 0.1) is 0 Å². The standard InChI is InChI=1S/C25H34O4P/c1-5-7-9-12-19-16-17-23(20(18-19)13-10-8-6-2)30(27)25(26)24-21(28-3)14-11-15-22(24)29-4/h11,14-18H,5-10,12-13H2,1-4H3/q+1. The molecule has 0 saturated heterocycles. The van der Waals surface area contributed by atoms with E-state index in [2.05, 4.69) is 19.9 Å². The number of methoxy groups -OCH3 is 2. The molecule has 0 amide bonds. The highest BCUT2D eigenvalue weighted by molar-refractivity contribution is 7.71. The monoisotopic (exact) mass is 429 g/mol. The molecule has 5 heteroatoms. The minimum Gasteiger partial charge on any atom is -0.496 e. The van der Waals surface area contributed by atoms with E-state index < -0.39 is 13.3 Å². The van der Waals surface area contributed by atoms with Crippen molar-refractivity contribution in [3.05, 3.63) is 53.1 Å². The van der Waals surface area contributed by atoms with Crippen LogP contribution in [-0.2, 0) is 17.4 Å². The molecule has 0 spiro atoms. The second-order valence-corrected chi connectivity index (χ2v) is 8.99. The molecule has 0 N–H and O–H groups in total. The van der Waals surface area contributed by atoms with Gasteiger partial charge in [0.2, 0.25) is 5.30 Å². The van der Waals surface area contributed by atoms with Gasteiger partial charge >= 0.3 is 13.3 Å². The van der Waals surface area contributed by atoms with Crippen LogP contribution in [0.3, 0.4) is 0 Å².